The van der Waals surface area contributed by atoms with E-state index in [9.17, 15) is 14.4 Å². The first-order valence-corrected chi connectivity index (χ1v) is 4.19. The zero-order chi connectivity index (χ0) is 10.4. The van der Waals surface area contributed by atoms with E-state index in [0.29, 0.717) is 6.61 Å². The lowest BCUT2D eigenvalue weighted by Crippen LogP contribution is -2.22. The summed E-state index contributed by atoms with van der Waals surface area (Å²) >= 11 is 0. The van der Waals surface area contributed by atoms with E-state index in [2.05, 4.69) is 4.74 Å². The van der Waals surface area contributed by atoms with Crippen LogP contribution in [0.5, 0.6) is 0 Å². The third-order valence-corrected chi connectivity index (χ3v) is 1.57. The SMILES string of the molecule is CCOC(=O)CC(C)C(=O)C(C)=O. The van der Waals surface area contributed by atoms with Crippen molar-refractivity contribution < 1.29 is 19.1 Å². The van der Waals surface area contributed by atoms with Gasteiger partial charge in [-0.2, -0.15) is 0 Å². The molecule has 4 nitrogen and oxygen atoms in total. The molecule has 13 heavy (non-hydrogen) atoms. The zero-order valence-electron chi connectivity index (χ0n) is 8.12. The molecule has 4 heteroatoms. The Balaban J connectivity index is 4.00. The predicted molar refractivity (Wildman–Crippen MR) is 46.1 cm³/mol. The Labute approximate surface area is 77.3 Å². The number of rotatable bonds is 5. The number of hydrogen-bond donors (Lipinski definition) is 0. The molecule has 0 aromatic rings. The molecule has 0 bridgehead atoms. The number of hydrogen-bond acceptors (Lipinski definition) is 4. The molecule has 0 saturated heterocycles. The molecule has 1 unspecified atom stereocenters. The first-order chi connectivity index (χ1) is 5.99. The fourth-order valence-electron chi connectivity index (χ4n) is 0.910. The molecule has 0 N–H and O–H groups in total. The van der Waals surface area contributed by atoms with Crippen LogP contribution >= 0.6 is 0 Å². The zero-order valence-corrected chi connectivity index (χ0v) is 8.12. The molecular weight excluding hydrogens is 172 g/mol. The van der Waals surface area contributed by atoms with Gasteiger partial charge in [0.1, 0.15) is 0 Å². The van der Waals surface area contributed by atoms with E-state index in [4.69, 9.17) is 0 Å². The number of esters is 1. The summed E-state index contributed by atoms with van der Waals surface area (Å²) < 4.78 is 4.64. The Kier molecular flexibility index (Phi) is 4.96. The van der Waals surface area contributed by atoms with Crippen molar-refractivity contribution in [1.82, 2.24) is 0 Å². The van der Waals surface area contributed by atoms with Crippen molar-refractivity contribution in [1.29, 1.82) is 0 Å². The highest BCUT2D eigenvalue weighted by atomic mass is 16.5. The van der Waals surface area contributed by atoms with Crippen LogP contribution in [0.15, 0.2) is 0 Å². The maximum atomic E-state index is 11.0. The number of ketones is 2. The van der Waals surface area contributed by atoms with Gasteiger partial charge in [0.25, 0.3) is 0 Å². The van der Waals surface area contributed by atoms with Crippen LogP contribution in [0.3, 0.4) is 0 Å². The van der Waals surface area contributed by atoms with Crippen LogP contribution in [0.25, 0.3) is 0 Å². The first kappa shape index (κ1) is 11.8. The average Bonchev–Trinajstić information content (AvgIpc) is 2.03. The largest absolute Gasteiger partial charge is 0.466 e. The minimum atomic E-state index is -0.573. The average molecular weight is 186 g/mol. The lowest BCUT2D eigenvalue weighted by molar-refractivity contribution is -0.147. The molecule has 0 amide bonds. The van der Waals surface area contributed by atoms with E-state index in [0.717, 1.165) is 0 Å². The molecule has 0 aliphatic heterocycles. The summed E-state index contributed by atoms with van der Waals surface area (Å²) in [7, 11) is 0. The Morgan fingerprint density at radius 2 is 1.85 bits per heavy atom. The number of carbonyl (C=O) groups excluding carboxylic acids is 3. The fourth-order valence-corrected chi connectivity index (χ4v) is 0.910. The van der Waals surface area contributed by atoms with Gasteiger partial charge in [-0.1, -0.05) is 6.92 Å². The minimum Gasteiger partial charge on any atom is -0.466 e. The summed E-state index contributed by atoms with van der Waals surface area (Å²) in [6.45, 7) is 4.72. The van der Waals surface area contributed by atoms with Crippen LogP contribution in [0.4, 0.5) is 0 Å². The normalized spacial score (nSPS) is 11.9. The van der Waals surface area contributed by atoms with Gasteiger partial charge < -0.3 is 4.74 Å². The summed E-state index contributed by atoms with van der Waals surface area (Å²) in [5.41, 5.74) is 0. The predicted octanol–water partition coefficient (Wildman–Crippen LogP) is 0.734. The third-order valence-electron chi connectivity index (χ3n) is 1.57. The van der Waals surface area contributed by atoms with Crippen LogP contribution in [-0.2, 0) is 19.1 Å². The third kappa shape index (κ3) is 4.40. The summed E-state index contributed by atoms with van der Waals surface area (Å²) in [6, 6.07) is 0. The maximum Gasteiger partial charge on any atom is 0.306 e. The first-order valence-electron chi connectivity index (χ1n) is 4.19. The van der Waals surface area contributed by atoms with Crippen molar-refractivity contribution in [2.45, 2.75) is 27.2 Å². The van der Waals surface area contributed by atoms with Gasteiger partial charge in [-0.25, -0.2) is 0 Å². The molecule has 0 fully saturated rings. The van der Waals surface area contributed by atoms with Crippen molar-refractivity contribution in [3.63, 3.8) is 0 Å². The van der Waals surface area contributed by atoms with E-state index in [1.165, 1.54) is 6.92 Å². The second-order valence-electron chi connectivity index (χ2n) is 2.83. The Bertz CT molecular complexity index is 220. The summed E-state index contributed by atoms with van der Waals surface area (Å²) in [6.07, 6.45) is -0.0216. The van der Waals surface area contributed by atoms with Crippen molar-refractivity contribution in [2.75, 3.05) is 6.61 Å². The molecule has 0 saturated carbocycles. The molecular formula is C9H14O4. The second-order valence-corrected chi connectivity index (χ2v) is 2.83. The van der Waals surface area contributed by atoms with Gasteiger partial charge in [0.05, 0.1) is 13.0 Å². The van der Waals surface area contributed by atoms with Gasteiger partial charge in [0.2, 0.25) is 5.78 Å². The number of ether oxygens (including phenoxy) is 1. The van der Waals surface area contributed by atoms with Gasteiger partial charge in [-0.3, -0.25) is 14.4 Å². The lowest BCUT2D eigenvalue weighted by atomic mass is 10.0. The highest BCUT2D eigenvalue weighted by Crippen LogP contribution is 2.05. The van der Waals surface area contributed by atoms with Gasteiger partial charge in [-0.05, 0) is 6.92 Å². The van der Waals surface area contributed by atoms with Gasteiger partial charge in [0, 0.05) is 12.8 Å². The van der Waals surface area contributed by atoms with Crippen LogP contribution in [0.1, 0.15) is 27.2 Å². The second kappa shape index (κ2) is 5.45. The Morgan fingerprint density at radius 1 is 1.31 bits per heavy atom. The lowest BCUT2D eigenvalue weighted by Gasteiger charge is -2.06. The van der Waals surface area contributed by atoms with Crippen molar-refractivity contribution in [3.05, 3.63) is 0 Å². The molecule has 0 rings (SSSR count). The molecule has 0 aliphatic rings. The van der Waals surface area contributed by atoms with Gasteiger partial charge in [0.15, 0.2) is 5.78 Å². The van der Waals surface area contributed by atoms with Crippen molar-refractivity contribution >= 4 is 17.5 Å². The summed E-state index contributed by atoms with van der Waals surface area (Å²) in [4.78, 5) is 32.5. The van der Waals surface area contributed by atoms with E-state index >= 15 is 0 Å². The van der Waals surface area contributed by atoms with E-state index in [1.54, 1.807) is 13.8 Å². The van der Waals surface area contributed by atoms with Crippen LogP contribution in [0.2, 0.25) is 0 Å². The molecule has 0 radical (unpaired) electrons. The highest BCUT2D eigenvalue weighted by molar-refractivity contribution is 6.37. The van der Waals surface area contributed by atoms with E-state index in [1.807, 2.05) is 0 Å². The van der Waals surface area contributed by atoms with E-state index < -0.39 is 23.5 Å². The van der Waals surface area contributed by atoms with Crippen LogP contribution < -0.4 is 0 Å². The summed E-state index contributed by atoms with van der Waals surface area (Å²) in [5.74, 6) is -2.05. The van der Waals surface area contributed by atoms with Crippen molar-refractivity contribution in [3.8, 4) is 0 Å². The molecule has 0 heterocycles. The molecule has 74 valence electrons. The maximum absolute atomic E-state index is 11.0. The topological polar surface area (TPSA) is 60.4 Å². The minimum absolute atomic E-state index is 0.0216. The molecule has 0 aliphatic carbocycles. The standard InChI is InChI=1S/C9H14O4/c1-4-13-8(11)5-6(2)9(12)7(3)10/h6H,4-5H2,1-3H3. The molecule has 0 spiro atoms. The van der Waals surface area contributed by atoms with Gasteiger partial charge in [-0.15, -0.1) is 0 Å². The van der Waals surface area contributed by atoms with Gasteiger partial charge >= 0.3 is 5.97 Å². The number of carbonyl (C=O) groups is 3. The number of Topliss-reactive ketones (excluding diaryl/α,β-unsaturated/α-hetero) is 2. The highest BCUT2D eigenvalue weighted by Gasteiger charge is 2.20. The monoisotopic (exact) mass is 186 g/mol. The quantitative estimate of drug-likeness (QED) is 0.469. The molecule has 1 atom stereocenters. The Morgan fingerprint density at radius 3 is 2.23 bits per heavy atom. The van der Waals surface area contributed by atoms with Crippen LogP contribution in [-0.4, -0.2) is 24.1 Å². The van der Waals surface area contributed by atoms with Crippen molar-refractivity contribution in [2.24, 2.45) is 5.92 Å². The smallest absolute Gasteiger partial charge is 0.306 e. The van der Waals surface area contributed by atoms with E-state index in [-0.39, 0.29) is 6.42 Å². The fraction of sp³-hybridized carbons (Fsp3) is 0.667. The van der Waals surface area contributed by atoms with Crippen LogP contribution in [0, 0.1) is 5.92 Å². The molecule has 0 aromatic carbocycles. The summed E-state index contributed by atoms with van der Waals surface area (Å²) in [5, 5.41) is 0. The molecule has 0 aromatic heterocycles. The Hall–Kier alpha value is -1.19.